The molecule has 25 heavy (non-hydrogen) atoms. The van der Waals surface area contributed by atoms with Gasteiger partial charge in [-0.1, -0.05) is 12.2 Å². The summed E-state index contributed by atoms with van der Waals surface area (Å²) in [5, 5.41) is 5.37. The highest BCUT2D eigenvalue weighted by molar-refractivity contribution is 6.06. The lowest BCUT2D eigenvalue weighted by Gasteiger charge is -2.13. The van der Waals surface area contributed by atoms with Crippen molar-refractivity contribution >= 4 is 18.0 Å². The minimum atomic E-state index is -0.200. The molecule has 0 spiro atoms. The standard InChI is InChI=1S/C19H23N3O3/c1-11-8-15(12(2)21(11)6-7-25-3)10-20-22-18(23)16-13-4-5-14(9-13)17(16)19(22)24/h4-5,8,10,13-14,16-17H,6-7,9H2,1-3H3/t13-,14-,16-,17+/m0/s1. The van der Waals surface area contributed by atoms with Crippen LogP contribution in [0.1, 0.15) is 23.4 Å². The highest BCUT2D eigenvalue weighted by Gasteiger charge is 2.59. The zero-order valence-corrected chi connectivity index (χ0v) is 14.8. The predicted molar refractivity (Wildman–Crippen MR) is 92.9 cm³/mol. The number of aromatic nitrogens is 1. The van der Waals surface area contributed by atoms with Crippen molar-refractivity contribution in [2.45, 2.75) is 26.8 Å². The third kappa shape index (κ3) is 2.39. The summed E-state index contributed by atoms with van der Waals surface area (Å²) in [5.74, 6) is -0.258. The fraction of sp³-hybridized carbons (Fsp3) is 0.526. The first-order valence-electron chi connectivity index (χ1n) is 8.78. The molecule has 3 aliphatic rings. The van der Waals surface area contributed by atoms with E-state index in [1.54, 1.807) is 13.3 Å². The molecule has 1 saturated carbocycles. The highest BCUT2D eigenvalue weighted by atomic mass is 16.5. The molecule has 1 aromatic rings. The fourth-order valence-electron chi connectivity index (χ4n) is 4.61. The summed E-state index contributed by atoms with van der Waals surface area (Å²) in [6.45, 7) is 5.44. The van der Waals surface area contributed by atoms with Crippen LogP contribution in [0.2, 0.25) is 0 Å². The van der Waals surface area contributed by atoms with Crippen LogP contribution in [-0.4, -0.2) is 41.3 Å². The first-order valence-corrected chi connectivity index (χ1v) is 8.78. The number of fused-ring (bicyclic) bond motifs is 5. The maximum absolute atomic E-state index is 12.6. The topological polar surface area (TPSA) is 63.9 Å². The van der Waals surface area contributed by atoms with Crippen molar-refractivity contribution < 1.29 is 14.3 Å². The lowest BCUT2D eigenvalue weighted by Crippen LogP contribution is -2.28. The van der Waals surface area contributed by atoms with Gasteiger partial charge < -0.3 is 9.30 Å². The van der Waals surface area contributed by atoms with E-state index in [2.05, 4.69) is 21.8 Å². The summed E-state index contributed by atoms with van der Waals surface area (Å²) in [4.78, 5) is 25.3. The zero-order valence-electron chi connectivity index (χ0n) is 14.8. The van der Waals surface area contributed by atoms with Crippen LogP contribution in [0.25, 0.3) is 0 Å². The van der Waals surface area contributed by atoms with Crippen molar-refractivity contribution in [3.8, 4) is 0 Å². The molecular weight excluding hydrogens is 318 g/mol. The largest absolute Gasteiger partial charge is 0.383 e. The second kappa shape index (κ2) is 5.95. The predicted octanol–water partition coefficient (Wildman–Crippen LogP) is 1.89. The van der Waals surface area contributed by atoms with Crippen molar-refractivity contribution in [3.63, 3.8) is 0 Å². The summed E-state index contributed by atoms with van der Waals surface area (Å²) >= 11 is 0. The van der Waals surface area contributed by atoms with Gasteiger partial charge >= 0.3 is 0 Å². The molecule has 0 radical (unpaired) electrons. The molecular formula is C19H23N3O3. The molecule has 0 aromatic carbocycles. The number of imide groups is 1. The lowest BCUT2D eigenvalue weighted by molar-refractivity contribution is -0.140. The summed E-state index contributed by atoms with van der Waals surface area (Å²) in [5.41, 5.74) is 3.08. The Balaban J connectivity index is 1.55. The van der Waals surface area contributed by atoms with E-state index < -0.39 is 0 Å². The van der Waals surface area contributed by atoms with E-state index in [9.17, 15) is 9.59 Å². The van der Waals surface area contributed by atoms with Gasteiger partial charge in [0.1, 0.15) is 0 Å². The first-order chi connectivity index (χ1) is 12.0. The Bertz CT molecular complexity index is 762. The monoisotopic (exact) mass is 341 g/mol. The molecule has 2 heterocycles. The number of nitrogens with zero attached hydrogens (tertiary/aromatic N) is 3. The molecule has 6 heteroatoms. The Hall–Kier alpha value is -2.21. The molecule has 1 saturated heterocycles. The molecule has 4 atom stereocenters. The van der Waals surface area contributed by atoms with Gasteiger partial charge in [0, 0.05) is 30.6 Å². The summed E-state index contributed by atoms with van der Waals surface area (Å²) in [6.07, 6.45) is 6.75. The van der Waals surface area contributed by atoms with Crippen molar-refractivity contribution in [3.05, 3.63) is 35.2 Å². The maximum atomic E-state index is 12.6. The van der Waals surface area contributed by atoms with Crippen molar-refractivity contribution in [1.29, 1.82) is 0 Å². The number of aryl methyl sites for hydroxylation is 1. The van der Waals surface area contributed by atoms with Gasteiger partial charge in [-0.25, -0.2) is 0 Å². The van der Waals surface area contributed by atoms with Crippen LogP contribution in [-0.2, 0) is 20.9 Å². The Labute approximate surface area is 147 Å². The zero-order chi connectivity index (χ0) is 17.7. The van der Waals surface area contributed by atoms with E-state index in [4.69, 9.17) is 4.74 Å². The fourth-order valence-corrected chi connectivity index (χ4v) is 4.61. The van der Waals surface area contributed by atoms with E-state index >= 15 is 0 Å². The van der Waals surface area contributed by atoms with Gasteiger partial charge in [-0.15, -0.1) is 0 Å². The molecule has 2 fully saturated rings. The second-order valence-corrected chi connectivity index (χ2v) is 7.20. The van der Waals surface area contributed by atoms with Crippen molar-refractivity contribution in [2.24, 2.45) is 28.8 Å². The van der Waals surface area contributed by atoms with Crippen LogP contribution in [0.4, 0.5) is 0 Å². The van der Waals surface area contributed by atoms with Crippen molar-refractivity contribution in [2.75, 3.05) is 13.7 Å². The van der Waals surface area contributed by atoms with Gasteiger partial charge in [0.25, 0.3) is 11.8 Å². The van der Waals surface area contributed by atoms with Crippen LogP contribution in [0.5, 0.6) is 0 Å². The number of allylic oxidation sites excluding steroid dienone is 2. The molecule has 132 valence electrons. The van der Waals surface area contributed by atoms with Gasteiger partial charge in [0.15, 0.2) is 0 Å². The van der Waals surface area contributed by atoms with Gasteiger partial charge in [0.05, 0.1) is 24.7 Å². The first kappa shape index (κ1) is 16.3. The molecule has 4 rings (SSSR count). The number of hydrazone groups is 1. The number of carbonyl (C=O) groups is 2. The van der Waals surface area contributed by atoms with Crippen LogP contribution < -0.4 is 0 Å². The second-order valence-electron chi connectivity index (χ2n) is 7.20. The number of methoxy groups -OCH3 is 1. The number of rotatable bonds is 5. The minimum absolute atomic E-state index is 0.142. The van der Waals surface area contributed by atoms with E-state index in [1.165, 1.54) is 0 Å². The molecule has 1 aliphatic heterocycles. The van der Waals surface area contributed by atoms with E-state index in [1.807, 2.05) is 19.9 Å². The number of carbonyl (C=O) groups excluding carboxylic acids is 2. The Morgan fingerprint density at radius 1 is 1.20 bits per heavy atom. The van der Waals surface area contributed by atoms with Crippen LogP contribution in [0.3, 0.4) is 0 Å². The van der Waals surface area contributed by atoms with Crippen LogP contribution in [0.15, 0.2) is 23.3 Å². The van der Waals surface area contributed by atoms with Gasteiger partial charge in [0.2, 0.25) is 0 Å². The molecule has 2 bridgehead atoms. The van der Waals surface area contributed by atoms with Gasteiger partial charge in [-0.2, -0.15) is 10.1 Å². The summed E-state index contributed by atoms with van der Waals surface area (Å²) in [6, 6.07) is 2.02. The molecule has 1 aromatic heterocycles. The Morgan fingerprint density at radius 3 is 2.44 bits per heavy atom. The number of amides is 2. The van der Waals surface area contributed by atoms with Crippen LogP contribution in [0, 0.1) is 37.5 Å². The quantitative estimate of drug-likeness (QED) is 0.467. The number of hydrogen-bond donors (Lipinski definition) is 0. The molecule has 2 amide bonds. The number of hydrogen-bond acceptors (Lipinski definition) is 4. The minimum Gasteiger partial charge on any atom is -0.383 e. The molecule has 0 N–H and O–H groups in total. The third-order valence-electron chi connectivity index (χ3n) is 5.89. The number of ether oxygens (including phenoxy) is 1. The smallest absolute Gasteiger partial charge is 0.254 e. The van der Waals surface area contributed by atoms with Gasteiger partial charge in [-0.05, 0) is 38.2 Å². The summed E-state index contributed by atoms with van der Waals surface area (Å²) in [7, 11) is 1.68. The highest BCUT2D eigenvalue weighted by Crippen LogP contribution is 2.52. The molecule has 2 aliphatic carbocycles. The molecule has 0 unspecified atom stereocenters. The van der Waals surface area contributed by atoms with Crippen molar-refractivity contribution in [1.82, 2.24) is 9.58 Å². The van der Waals surface area contributed by atoms with E-state index in [0.29, 0.717) is 6.61 Å². The summed E-state index contributed by atoms with van der Waals surface area (Å²) < 4.78 is 7.29. The van der Waals surface area contributed by atoms with E-state index in [0.717, 1.165) is 34.9 Å². The SMILES string of the molecule is COCCn1c(C)cc(C=NN2C(=O)[C@@H]3[C@H](C2=O)[C@H]2C=C[C@H]3C2)c1C. The van der Waals surface area contributed by atoms with Gasteiger partial charge in [-0.3, -0.25) is 9.59 Å². The molecule has 6 nitrogen and oxygen atoms in total. The average molecular weight is 341 g/mol. The Kier molecular flexibility index (Phi) is 3.87. The van der Waals surface area contributed by atoms with Crippen LogP contribution >= 0.6 is 0 Å². The van der Waals surface area contributed by atoms with E-state index in [-0.39, 0.29) is 35.5 Å². The normalized spacial score (nSPS) is 30.3. The lowest BCUT2D eigenvalue weighted by atomic mass is 9.85. The third-order valence-corrected chi connectivity index (χ3v) is 5.89. The average Bonchev–Trinajstić information content (AvgIpc) is 3.31. The maximum Gasteiger partial charge on any atom is 0.254 e. The Morgan fingerprint density at radius 2 is 1.84 bits per heavy atom.